The molecule has 4 rings (SSSR count). The van der Waals surface area contributed by atoms with Crippen molar-refractivity contribution in [1.29, 1.82) is 0 Å². The minimum Gasteiger partial charge on any atom is -0.497 e. The summed E-state index contributed by atoms with van der Waals surface area (Å²) in [4.78, 5) is 0. The summed E-state index contributed by atoms with van der Waals surface area (Å²) in [6.07, 6.45) is 0. The van der Waals surface area contributed by atoms with Crippen LogP contribution < -0.4 is 9.47 Å². The van der Waals surface area contributed by atoms with Crippen LogP contribution in [0.4, 0.5) is 4.39 Å². The van der Waals surface area contributed by atoms with Crippen LogP contribution in [0.15, 0.2) is 84.0 Å². The molecular weight excluding hydrogens is 401 g/mol. The van der Waals surface area contributed by atoms with Crippen molar-refractivity contribution in [3.63, 3.8) is 0 Å². The average Bonchev–Trinajstić information content (AvgIpc) is 3.20. The fourth-order valence-corrected chi connectivity index (χ4v) is 3.82. The summed E-state index contributed by atoms with van der Waals surface area (Å²) in [5.41, 5.74) is 1.55. The summed E-state index contributed by atoms with van der Waals surface area (Å²) < 4.78 is 27.3. The minimum atomic E-state index is -0.343. The van der Waals surface area contributed by atoms with Gasteiger partial charge >= 0.3 is 0 Å². The molecule has 0 atom stereocenters. The number of rotatable bonds is 8. The van der Waals surface area contributed by atoms with E-state index in [0.29, 0.717) is 28.2 Å². The first-order valence-electron chi connectivity index (χ1n) is 9.37. The molecule has 0 N–H and O–H groups in total. The van der Waals surface area contributed by atoms with Gasteiger partial charge in [-0.1, -0.05) is 54.2 Å². The molecule has 0 aliphatic heterocycles. The number of methoxy groups -OCH3 is 1. The zero-order chi connectivity index (χ0) is 20.8. The van der Waals surface area contributed by atoms with Gasteiger partial charge in [-0.3, -0.25) is 4.57 Å². The lowest BCUT2D eigenvalue weighted by Crippen LogP contribution is -2.08. The lowest BCUT2D eigenvalue weighted by Gasteiger charge is -2.12. The fourth-order valence-electron chi connectivity index (χ4n) is 2.90. The highest BCUT2D eigenvalue weighted by Crippen LogP contribution is 2.27. The standard InChI is InChI=1S/C23H20FN3O2S/c1-28-18-11-13-19(14-12-18)29-15-22-25-26-23(30-16-17-7-3-2-4-8-17)27(22)21-10-6-5-9-20(21)24/h2-14H,15-16H2,1H3. The highest BCUT2D eigenvalue weighted by molar-refractivity contribution is 7.98. The van der Waals surface area contributed by atoms with Gasteiger partial charge in [0.05, 0.1) is 12.8 Å². The maximum atomic E-state index is 14.6. The molecule has 0 fully saturated rings. The number of aromatic nitrogens is 3. The van der Waals surface area contributed by atoms with Gasteiger partial charge in [0, 0.05) is 5.75 Å². The lowest BCUT2D eigenvalue weighted by atomic mass is 10.2. The molecule has 0 bridgehead atoms. The van der Waals surface area contributed by atoms with Crippen LogP contribution in [-0.2, 0) is 12.4 Å². The number of ether oxygens (including phenoxy) is 2. The molecule has 0 unspecified atom stereocenters. The topological polar surface area (TPSA) is 49.2 Å². The Balaban J connectivity index is 1.59. The van der Waals surface area contributed by atoms with Crippen LogP contribution in [0.5, 0.6) is 11.5 Å². The summed E-state index contributed by atoms with van der Waals surface area (Å²) >= 11 is 1.50. The number of hydrogen-bond acceptors (Lipinski definition) is 5. The van der Waals surface area contributed by atoms with E-state index >= 15 is 0 Å². The molecule has 0 radical (unpaired) electrons. The molecule has 1 heterocycles. The van der Waals surface area contributed by atoms with Gasteiger partial charge in [-0.2, -0.15) is 0 Å². The molecule has 0 amide bonds. The maximum Gasteiger partial charge on any atom is 0.196 e. The largest absolute Gasteiger partial charge is 0.497 e. The Hall–Kier alpha value is -3.32. The van der Waals surface area contributed by atoms with Crippen LogP contribution >= 0.6 is 11.8 Å². The van der Waals surface area contributed by atoms with E-state index in [4.69, 9.17) is 9.47 Å². The van der Waals surface area contributed by atoms with Crippen LogP contribution in [0.25, 0.3) is 5.69 Å². The molecule has 0 aliphatic rings. The molecule has 0 aliphatic carbocycles. The Morgan fingerprint density at radius 3 is 2.30 bits per heavy atom. The van der Waals surface area contributed by atoms with E-state index in [1.54, 1.807) is 29.9 Å². The Kier molecular flexibility index (Phi) is 6.29. The fraction of sp³-hybridized carbons (Fsp3) is 0.130. The van der Waals surface area contributed by atoms with E-state index in [1.807, 2.05) is 54.6 Å². The first kappa shape index (κ1) is 20.0. The van der Waals surface area contributed by atoms with E-state index in [9.17, 15) is 4.39 Å². The third-order valence-electron chi connectivity index (χ3n) is 4.43. The van der Waals surface area contributed by atoms with E-state index in [2.05, 4.69) is 10.2 Å². The smallest absolute Gasteiger partial charge is 0.196 e. The summed E-state index contributed by atoms with van der Waals surface area (Å²) in [6.45, 7) is 0.152. The van der Waals surface area contributed by atoms with Crippen molar-refractivity contribution in [3.8, 4) is 17.2 Å². The van der Waals surface area contributed by atoms with Gasteiger partial charge in [-0.25, -0.2) is 4.39 Å². The van der Waals surface area contributed by atoms with Crippen LogP contribution in [0, 0.1) is 5.82 Å². The summed E-state index contributed by atoms with van der Waals surface area (Å²) in [7, 11) is 1.61. The monoisotopic (exact) mass is 421 g/mol. The van der Waals surface area contributed by atoms with Gasteiger partial charge in [0.15, 0.2) is 11.0 Å². The van der Waals surface area contributed by atoms with E-state index in [1.165, 1.54) is 17.8 Å². The van der Waals surface area contributed by atoms with Crippen molar-refractivity contribution in [2.24, 2.45) is 0 Å². The molecule has 0 spiro atoms. The quantitative estimate of drug-likeness (QED) is 0.362. The van der Waals surface area contributed by atoms with E-state index < -0.39 is 0 Å². The molecule has 1 aromatic heterocycles. The third-order valence-corrected chi connectivity index (χ3v) is 5.43. The number of nitrogens with zero attached hydrogens (tertiary/aromatic N) is 3. The SMILES string of the molecule is COc1ccc(OCc2nnc(SCc3ccccc3)n2-c2ccccc2F)cc1. The second-order valence-corrected chi connectivity index (χ2v) is 7.37. The minimum absolute atomic E-state index is 0.152. The average molecular weight is 421 g/mol. The van der Waals surface area contributed by atoms with Crippen molar-refractivity contribution >= 4 is 11.8 Å². The molecule has 4 aromatic rings. The number of thioether (sulfide) groups is 1. The van der Waals surface area contributed by atoms with Gasteiger partial charge < -0.3 is 9.47 Å². The van der Waals surface area contributed by atoms with Crippen molar-refractivity contribution < 1.29 is 13.9 Å². The lowest BCUT2D eigenvalue weighted by molar-refractivity contribution is 0.292. The van der Waals surface area contributed by atoms with Crippen LogP contribution in [-0.4, -0.2) is 21.9 Å². The molecule has 30 heavy (non-hydrogen) atoms. The molecule has 152 valence electrons. The van der Waals surface area contributed by atoms with E-state index in [-0.39, 0.29) is 12.4 Å². The first-order chi connectivity index (χ1) is 14.7. The predicted octanol–water partition coefficient (Wildman–Crippen LogP) is 5.29. The zero-order valence-electron chi connectivity index (χ0n) is 16.4. The molecule has 5 nitrogen and oxygen atoms in total. The second kappa shape index (κ2) is 9.45. The Bertz CT molecular complexity index is 1100. The van der Waals surface area contributed by atoms with E-state index in [0.717, 1.165) is 11.3 Å². The number of para-hydroxylation sites is 1. The number of hydrogen-bond donors (Lipinski definition) is 0. The normalized spacial score (nSPS) is 10.7. The van der Waals surface area contributed by atoms with Crippen molar-refractivity contribution in [2.75, 3.05) is 7.11 Å². The van der Waals surface area contributed by atoms with Crippen LogP contribution in [0.3, 0.4) is 0 Å². The first-order valence-corrected chi connectivity index (χ1v) is 10.4. The highest BCUT2D eigenvalue weighted by atomic mass is 32.2. The van der Waals surface area contributed by atoms with Crippen molar-refractivity contribution in [3.05, 3.63) is 96.1 Å². The Labute approximate surface area is 178 Å². The number of benzene rings is 3. The van der Waals surface area contributed by atoms with Crippen molar-refractivity contribution in [2.45, 2.75) is 17.5 Å². The molecule has 0 saturated heterocycles. The maximum absolute atomic E-state index is 14.6. The second-order valence-electron chi connectivity index (χ2n) is 6.42. The third kappa shape index (κ3) is 4.63. The van der Waals surface area contributed by atoms with Gasteiger partial charge in [0.25, 0.3) is 0 Å². The highest BCUT2D eigenvalue weighted by Gasteiger charge is 2.18. The van der Waals surface area contributed by atoms with Gasteiger partial charge in [0.2, 0.25) is 0 Å². The predicted molar refractivity (Wildman–Crippen MR) is 115 cm³/mol. The van der Waals surface area contributed by atoms with Gasteiger partial charge in [0.1, 0.15) is 23.9 Å². The van der Waals surface area contributed by atoms with Gasteiger partial charge in [-0.05, 0) is 42.0 Å². The Morgan fingerprint density at radius 2 is 1.57 bits per heavy atom. The summed E-state index contributed by atoms with van der Waals surface area (Å²) in [6, 6.07) is 23.9. The van der Waals surface area contributed by atoms with Crippen molar-refractivity contribution in [1.82, 2.24) is 14.8 Å². The molecule has 0 saturated carbocycles. The molecule has 3 aromatic carbocycles. The molecular formula is C23H20FN3O2S. The zero-order valence-corrected chi connectivity index (χ0v) is 17.2. The van der Waals surface area contributed by atoms with Crippen LogP contribution in [0.1, 0.15) is 11.4 Å². The molecule has 7 heteroatoms. The number of halogens is 1. The summed E-state index contributed by atoms with van der Waals surface area (Å²) in [5.74, 6) is 2.29. The summed E-state index contributed by atoms with van der Waals surface area (Å²) in [5, 5.41) is 9.18. The van der Waals surface area contributed by atoms with Crippen LogP contribution in [0.2, 0.25) is 0 Å². The van der Waals surface area contributed by atoms with Gasteiger partial charge in [-0.15, -0.1) is 10.2 Å². The Morgan fingerprint density at radius 1 is 0.867 bits per heavy atom.